The summed E-state index contributed by atoms with van der Waals surface area (Å²) >= 11 is 0. The first kappa shape index (κ1) is 15.0. The molecule has 1 saturated carbocycles. The van der Waals surface area contributed by atoms with Crippen LogP contribution in [0.3, 0.4) is 0 Å². The summed E-state index contributed by atoms with van der Waals surface area (Å²) in [7, 11) is 0. The summed E-state index contributed by atoms with van der Waals surface area (Å²) in [5, 5.41) is 3.59. The number of nitrogens with one attached hydrogen (secondary N) is 1. The van der Waals surface area contributed by atoms with Crippen LogP contribution in [0.15, 0.2) is 0 Å². The Hall–Kier alpha value is -0.0800. The lowest BCUT2D eigenvalue weighted by molar-refractivity contribution is 0.193. The van der Waals surface area contributed by atoms with Crippen LogP contribution in [0.4, 0.5) is 0 Å². The molecule has 0 bridgehead atoms. The minimum Gasteiger partial charge on any atom is -0.314 e. The SMILES string of the molecule is CC(C)CN(CCCCCNC1CC1)C(C)C. The van der Waals surface area contributed by atoms with Gasteiger partial charge in [-0.1, -0.05) is 20.3 Å². The Morgan fingerprint density at radius 3 is 2.29 bits per heavy atom. The van der Waals surface area contributed by atoms with E-state index in [9.17, 15) is 0 Å². The van der Waals surface area contributed by atoms with Gasteiger partial charge in [0.2, 0.25) is 0 Å². The van der Waals surface area contributed by atoms with Crippen molar-refractivity contribution in [1.82, 2.24) is 10.2 Å². The molecule has 0 heterocycles. The predicted molar refractivity (Wildman–Crippen MR) is 76.4 cm³/mol. The van der Waals surface area contributed by atoms with Gasteiger partial charge in [-0.3, -0.25) is 0 Å². The molecule has 0 aromatic rings. The van der Waals surface area contributed by atoms with Gasteiger partial charge in [-0.05, 0) is 58.5 Å². The molecule has 1 rings (SSSR count). The first-order valence-corrected chi connectivity index (χ1v) is 7.57. The van der Waals surface area contributed by atoms with Crippen LogP contribution >= 0.6 is 0 Å². The fraction of sp³-hybridized carbons (Fsp3) is 1.00. The van der Waals surface area contributed by atoms with Crippen LogP contribution in [-0.2, 0) is 0 Å². The molecule has 0 unspecified atom stereocenters. The van der Waals surface area contributed by atoms with Crippen LogP contribution < -0.4 is 5.32 Å². The van der Waals surface area contributed by atoms with Crippen molar-refractivity contribution in [1.29, 1.82) is 0 Å². The van der Waals surface area contributed by atoms with Gasteiger partial charge in [0, 0.05) is 18.6 Å². The fourth-order valence-corrected chi connectivity index (χ4v) is 2.24. The van der Waals surface area contributed by atoms with E-state index in [-0.39, 0.29) is 0 Å². The molecule has 1 fully saturated rings. The lowest BCUT2D eigenvalue weighted by Crippen LogP contribution is -2.35. The maximum Gasteiger partial charge on any atom is 0.00682 e. The van der Waals surface area contributed by atoms with E-state index in [0.29, 0.717) is 6.04 Å². The van der Waals surface area contributed by atoms with Gasteiger partial charge in [-0.15, -0.1) is 0 Å². The van der Waals surface area contributed by atoms with Gasteiger partial charge >= 0.3 is 0 Å². The van der Waals surface area contributed by atoms with Gasteiger partial charge in [-0.2, -0.15) is 0 Å². The predicted octanol–water partition coefficient (Wildman–Crippen LogP) is 3.28. The Bertz CT molecular complexity index is 185. The number of unbranched alkanes of at least 4 members (excludes halogenated alkanes) is 2. The molecule has 0 aliphatic heterocycles. The van der Waals surface area contributed by atoms with E-state index in [1.807, 2.05) is 0 Å². The number of nitrogens with zero attached hydrogens (tertiary/aromatic N) is 1. The third-order valence-corrected chi connectivity index (χ3v) is 3.46. The van der Waals surface area contributed by atoms with Crippen molar-refractivity contribution >= 4 is 0 Å². The van der Waals surface area contributed by atoms with Gasteiger partial charge < -0.3 is 10.2 Å². The van der Waals surface area contributed by atoms with Crippen LogP contribution in [0.25, 0.3) is 0 Å². The van der Waals surface area contributed by atoms with Crippen molar-refractivity contribution in [3.63, 3.8) is 0 Å². The zero-order valence-electron chi connectivity index (χ0n) is 12.3. The molecule has 0 aromatic heterocycles. The molecular formula is C15H32N2. The van der Waals surface area contributed by atoms with E-state index in [1.54, 1.807) is 0 Å². The molecule has 1 aliphatic rings. The average Bonchev–Trinajstić information content (AvgIpc) is 3.04. The van der Waals surface area contributed by atoms with Crippen LogP contribution in [0.5, 0.6) is 0 Å². The molecule has 102 valence electrons. The monoisotopic (exact) mass is 240 g/mol. The Balaban J connectivity index is 1.96. The highest BCUT2D eigenvalue weighted by atomic mass is 15.1. The second-order valence-electron chi connectivity index (χ2n) is 6.27. The molecule has 2 nitrogen and oxygen atoms in total. The highest BCUT2D eigenvalue weighted by Gasteiger charge is 2.19. The summed E-state index contributed by atoms with van der Waals surface area (Å²) in [6, 6.07) is 1.57. The smallest absolute Gasteiger partial charge is 0.00682 e. The van der Waals surface area contributed by atoms with E-state index in [0.717, 1.165) is 12.0 Å². The molecule has 1 aliphatic carbocycles. The van der Waals surface area contributed by atoms with Crippen LogP contribution in [0.1, 0.15) is 59.8 Å². The van der Waals surface area contributed by atoms with Crippen molar-refractivity contribution in [3.8, 4) is 0 Å². The lowest BCUT2D eigenvalue weighted by atomic mass is 10.1. The largest absolute Gasteiger partial charge is 0.314 e. The summed E-state index contributed by atoms with van der Waals surface area (Å²) in [5.41, 5.74) is 0. The molecule has 0 radical (unpaired) electrons. The first-order valence-electron chi connectivity index (χ1n) is 7.57. The Morgan fingerprint density at radius 1 is 1.06 bits per heavy atom. The second kappa shape index (κ2) is 8.10. The van der Waals surface area contributed by atoms with Gasteiger partial charge in [0.15, 0.2) is 0 Å². The third kappa shape index (κ3) is 7.77. The molecule has 0 atom stereocenters. The fourth-order valence-electron chi connectivity index (χ4n) is 2.24. The number of rotatable bonds is 10. The molecule has 0 amide bonds. The van der Waals surface area contributed by atoms with Crippen molar-refractivity contribution in [2.75, 3.05) is 19.6 Å². The Labute approximate surface area is 108 Å². The minimum atomic E-state index is 0.696. The maximum absolute atomic E-state index is 3.59. The second-order valence-corrected chi connectivity index (χ2v) is 6.27. The zero-order chi connectivity index (χ0) is 12.7. The molecule has 1 N–H and O–H groups in total. The minimum absolute atomic E-state index is 0.696. The maximum atomic E-state index is 3.59. The van der Waals surface area contributed by atoms with Gasteiger partial charge in [0.1, 0.15) is 0 Å². The summed E-state index contributed by atoms with van der Waals surface area (Å²) in [5.74, 6) is 0.786. The summed E-state index contributed by atoms with van der Waals surface area (Å²) in [4.78, 5) is 2.62. The highest BCUT2D eigenvalue weighted by molar-refractivity contribution is 4.80. The van der Waals surface area contributed by atoms with Crippen molar-refractivity contribution in [2.24, 2.45) is 5.92 Å². The molecule has 0 spiro atoms. The summed E-state index contributed by atoms with van der Waals surface area (Å²) in [6.07, 6.45) is 6.91. The van der Waals surface area contributed by atoms with E-state index in [4.69, 9.17) is 0 Å². The molecule has 2 heteroatoms. The van der Waals surface area contributed by atoms with E-state index < -0.39 is 0 Å². The molecular weight excluding hydrogens is 208 g/mol. The quantitative estimate of drug-likeness (QED) is 0.590. The van der Waals surface area contributed by atoms with E-state index in [1.165, 1.54) is 51.7 Å². The van der Waals surface area contributed by atoms with Crippen LogP contribution in [0.2, 0.25) is 0 Å². The normalized spacial score (nSPS) is 16.4. The number of hydrogen-bond donors (Lipinski definition) is 1. The van der Waals surface area contributed by atoms with Crippen LogP contribution in [0, 0.1) is 5.92 Å². The Kier molecular flexibility index (Phi) is 7.14. The zero-order valence-corrected chi connectivity index (χ0v) is 12.3. The lowest BCUT2D eigenvalue weighted by Gasteiger charge is -2.28. The molecule has 0 aromatic carbocycles. The average molecular weight is 240 g/mol. The van der Waals surface area contributed by atoms with Crippen molar-refractivity contribution in [3.05, 3.63) is 0 Å². The van der Waals surface area contributed by atoms with Crippen molar-refractivity contribution in [2.45, 2.75) is 71.9 Å². The topological polar surface area (TPSA) is 15.3 Å². The van der Waals surface area contributed by atoms with E-state index >= 15 is 0 Å². The van der Waals surface area contributed by atoms with Crippen molar-refractivity contribution < 1.29 is 0 Å². The molecule has 0 saturated heterocycles. The van der Waals surface area contributed by atoms with E-state index in [2.05, 4.69) is 37.9 Å². The van der Waals surface area contributed by atoms with Gasteiger partial charge in [-0.25, -0.2) is 0 Å². The summed E-state index contributed by atoms with van der Waals surface area (Å²) < 4.78 is 0. The van der Waals surface area contributed by atoms with Gasteiger partial charge in [0.25, 0.3) is 0 Å². The third-order valence-electron chi connectivity index (χ3n) is 3.46. The number of hydrogen-bond acceptors (Lipinski definition) is 2. The summed E-state index contributed by atoms with van der Waals surface area (Å²) in [6.45, 7) is 13.0. The van der Waals surface area contributed by atoms with Crippen LogP contribution in [-0.4, -0.2) is 36.6 Å². The molecule has 17 heavy (non-hydrogen) atoms. The standard InChI is InChI=1S/C15H32N2/c1-13(2)12-17(14(3)4)11-7-5-6-10-16-15-8-9-15/h13-16H,5-12H2,1-4H3. The van der Waals surface area contributed by atoms with Gasteiger partial charge in [0.05, 0.1) is 0 Å². The first-order chi connectivity index (χ1) is 8.09. The Morgan fingerprint density at radius 2 is 1.76 bits per heavy atom. The highest BCUT2D eigenvalue weighted by Crippen LogP contribution is 2.18.